The molecule has 2 atom stereocenters. The molecule has 2 N–H and O–H groups in total. The van der Waals surface area contributed by atoms with E-state index in [0.717, 1.165) is 19.4 Å². The largest absolute Gasteiger partial charge is 0.338 e. The summed E-state index contributed by atoms with van der Waals surface area (Å²) in [6.07, 6.45) is 5.44. The summed E-state index contributed by atoms with van der Waals surface area (Å²) in [6.45, 7) is 3.82. The third-order valence-corrected chi connectivity index (χ3v) is 5.45. The number of aryl methyl sites for hydroxylation is 1. The van der Waals surface area contributed by atoms with E-state index in [1.165, 1.54) is 0 Å². The molecule has 5 rings (SSSR count). The number of hydrogen-bond acceptors (Lipinski definition) is 6. The number of fused-ring (bicyclic) bond motifs is 4. The van der Waals surface area contributed by atoms with Gasteiger partial charge in [-0.15, -0.1) is 0 Å². The quantitative estimate of drug-likeness (QED) is 0.775. The number of H-pyrrole nitrogens is 2. The first-order chi connectivity index (χ1) is 13.0. The van der Waals surface area contributed by atoms with Crippen molar-refractivity contribution < 1.29 is 4.79 Å². The molecule has 27 heavy (non-hydrogen) atoms. The minimum atomic E-state index is -0.555. The van der Waals surface area contributed by atoms with Gasteiger partial charge in [-0.05, 0) is 31.7 Å². The fourth-order valence-electron chi connectivity index (χ4n) is 4.10. The highest BCUT2D eigenvalue weighted by Crippen LogP contribution is 2.29. The lowest BCUT2D eigenvalue weighted by atomic mass is 9.94. The standard InChI is InChI=1S/C18H22N6O3/c1-11-14(16(26)22-18(27)21-11)7-15(25)24-9-12-3-4-13(24)10-23(8-12)17-19-5-2-6-20-17/h2,5-6,12-13H,3-4,7-10H2,1H3,(H2,21,22,26,27)/t12-,13+/m0/s1. The Balaban J connectivity index is 1.54. The van der Waals surface area contributed by atoms with Crippen LogP contribution in [0, 0.1) is 12.8 Å². The van der Waals surface area contributed by atoms with Gasteiger partial charge in [0.2, 0.25) is 11.9 Å². The predicted octanol–water partition coefficient (Wildman–Crippen LogP) is -0.168. The molecule has 142 valence electrons. The smallest absolute Gasteiger partial charge is 0.325 e. The van der Waals surface area contributed by atoms with E-state index in [-0.39, 0.29) is 18.4 Å². The average molecular weight is 370 g/mol. The third-order valence-electron chi connectivity index (χ3n) is 5.45. The number of anilines is 1. The topological polar surface area (TPSA) is 115 Å². The molecule has 0 spiro atoms. The number of hydrogen-bond donors (Lipinski definition) is 2. The number of rotatable bonds is 3. The molecule has 2 aromatic rings. The Kier molecular flexibility index (Phi) is 4.51. The van der Waals surface area contributed by atoms with Gasteiger partial charge in [-0.25, -0.2) is 14.8 Å². The van der Waals surface area contributed by atoms with Crippen LogP contribution in [-0.4, -0.2) is 56.4 Å². The van der Waals surface area contributed by atoms with Crippen LogP contribution in [-0.2, 0) is 11.2 Å². The average Bonchev–Trinajstić information content (AvgIpc) is 2.97. The Hall–Kier alpha value is -2.97. The SMILES string of the molecule is Cc1[nH]c(=O)[nH]c(=O)c1CC(=O)N1C[C@H]2CC[C@@H]1CN(c1ncccn1)C2. The van der Waals surface area contributed by atoms with Gasteiger partial charge in [0.25, 0.3) is 5.56 Å². The first-order valence-corrected chi connectivity index (χ1v) is 9.15. The van der Waals surface area contributed by atoms with Crippen molar-refractivity contribution in [2.75, 3.05) is 24.5 Å². The Morgan fingerprint density at radius 3 is 2.67 bits per heavy atom. The maximum absolute atomic E-state index is 13.0. The van der Waals surface area contributed by atoms with E-state index in [0.29, 0.717) is 36.2 Å². The Labute approximate surface area is 155 Å². The van der Waals surface area contributed by atoms with Gasteiger partial charge < -0.3 is 14.8 Å². The van der Waals surface area contributed by atoms with Gasteiger partial charge in [0.1, 0.15) is 0 Å². The second kappa shape index (κ2) is 6.98. The molecule has 0 aliphatic carbocycles. The number of aromatic amines is 2. The third kappa shape index (κ3) is 3.49. The van der Waals surface area contributed by atoms with E-state index >= 15 is 0 Å². The van der Waals surface area contributed by atoms with Crippen molar-refractivity contribution in [1.29, 1.82) is 0 Å². The lowest BCUT2D eigenvalue weighted by Crippen LogP contribution is -2.48. The zero-order chi connectivity index (χ0) is 19.0. The molecule has 2 bridgehead atoms. The monoisotopic (exact) mass is 370 g/mol. The van der Waals surface area contributed by atoms with Gasteiger partial charge in [0, 0.05) is 49.3 Å². The summed E-state index contributed by atoms with van der Waals surface area (Å²) in [6, 6.07) is 1.86. The minimum Gasteiger partial charge on any atom is -0.338 e. The van der Waals surface area contributed by atoms with Crippen LogP contribution >= 0.6 is 0 Å². The Morgan fingerprint density at radius 2 is 1.93 bits per heavy atom. The number of aromatic nitrogens is 4. The molecule has 0 aromatic carbocycles. The molecule has 0 saturated carbocycles. The van der Waals surface area contributed by atoms with Crippen LogP contribution in [0.15, 0.2) is 28.0 Å². The zero-order valence-corrected chi connectivity index (χ0v) is 15.1. The van der Waals surface area contributed by atoms with E-state index in [9.17, 15) is 14.4 Å². The van der Waals surface area contributed by atoms with Gasteiger partial charge in [-0.2, -0.15) is 0 Å². The second-order valence-corrected chi connectivity index (χ2v) is 7.29. The number of nitrogens with zero attached hydrogens (tertiary/aromatic N) is 4. The van der Waals surface area contributed by atoms with Gasteiger partial charge in [0.05, 0.1) is 6.42 Å². The maximum atomic E-state index is 13.0. The van der Waals surface area contributed by atoms with Crippen LogP contribution in [0.4, 0.5) is 5.95 Å². The van der Waals surface area contributed by atoms with Gasteiger partial charge in [-0.3, -0.25) is 14.6 Å². The van der Waals surface area contributed by atoms with E-state index in [1.54, 1.807) is 25.4 Å². The van der Waals surface area contributed by atoms with Crippen molar-refractivity contribution in [2.45, 2.75) is 32.2 Å². The van der Waals surface area contributed by atoms with Crippen molar-refractivity contribution in [1.82, 2.24) is 24.8 Å². The van der Waals surface area contributed by atoms with E-state index in [1.807, 2.05) is 4.90 Å². The molecule has 5 heterocycles. The number of amides is 1. The lowest BCUT2D eigenvalue weighted by Gasteiger charge is -2.36. The summed E-state index contributed by atoms with van der Waals surface area (Å²) in [5, 5.41) is 0. The van der Waals surface area contributed by atoms with Crippen LogP contribution in [0.1, 0.15) is 24.1 Å². The van der Waals surface area contributed by atoms with Crippen molar-refractivity contribution in [3.8, 4) is 0 Å². The van der Waals surface area contributed by atoms with E-state index in [2.05, 4.69) is 24.8 Å². The molecule has 0 radical (unpaired) electrons. The summed E-state index contributed by atoms with van der Waals surface area (Å²) in [4.78, 5) is 53.9. The zero-order valence-electron chi connectivity index (χ0n) is 15.1. The molecular weight excluding hydrogens is 348 g/mol. The highest BCUT2D eigenvalue weighted by atomic mass is 16.2. The number of carbonyl (C=O) groups excluding carboxylic acids is 1. The fourth-order valence-corrected chi connectivity index (χ4v) is 4.10. The molecule has 3 aliphatic heterocycles. The van der Waals surface area contributed by atoms with Crippen molar-refractivity contribution in [2.24, 2.45) is 5.92 Å². The summed E-state index contributed by atoms with van der Waals surface area (Å²) in [5.41, 5.74) is -0.288. The fraction of sp³-hybridized carbons (Fsp3) is 0.500. The van der Waals surface area contributed by atoms with Crippen LogP contribution in [0.3, 0.4) is 0 Å². The maximum Gasteiger partial charge on any atom is 0.325 e. The molecule has 0 unspecified atom stereocenters. The van der Waals surface area contributed by atoms with Gasteiger partial charge in [-0.1, -0.05) is 0 Å². The van der Waals surface area contributed by atoms with E-state index in [4.69, 9.17) is 0 Å². The van der Waals surface area contributed by atoms with Gasteiger partial charge >= 0.3 is 5.69 Å². The molecule has 9 heteroatoms. The normalized spacial score (nSPS) is 22.0. The molecular formula is C18H22N6O3. The first-order valence-electron chi connectivity index (χ1n) is 9.15. The number of carbonyl (C=O) groups is 1. The first kappa shape index (κ1) is 17.4. The number of piperidine rings is 1. The summed E-state index contributed by atoms with van der Waals surface area (Å²) < 4.78 is 0. The van der Waals surface area contributed by atoms with Crippen LogP contribution in [0.5, 0.6) is 0 Å². The molecule has 2 aromatic heterocycles. The van der Waals surface area contributed by atoms with Gasteiger partial charge in [0.15, 0.2) is 0 Å². The molecule has 3 fully saturated rings. The minimum absolute atomic E-state index is 0.0109. The van der Waals surface area contributed by atoms with Crippen molar-refractivity contribution in [3.63, 3.8) is 0 Å². The van der Waals surface area contributed by atoms with Crippen molar-refractivity contribution >= 4 is 11.9 Å². The van der Waals surface area contributed by atoms with Crippen LogP contribution in [0.25, 0.3) is 0 Å². The molecule has 3 aliphatic rings. The predicted molar refractivity (Wildman–Crippen MR) is 98.6 cm³/mol. The highest BCUT2D eigenvalue weighted by molar-refractivity contribution is 5.79. The molecule has 9 nitrogen and oxygen atoms in total. The summed E-state index contributed by atoms with van der Waals surface area (Å²) in [7, 11) is 0. The molecule has 3 saturated heterocycles. The molecule has 1 amide bonds. The Bertz CT molecular complexity index is 954. The Morgan fingerprint density at radius 1 is 1.15 bits per heavy atom. The lowest BCUT2D eigenvalue weighted by molar-refractivity contribution is -0.134. The van der Waals surface area contributed by atoms with Crippen molar-refractivity contribution in [3.05, 3.63) is 50.6 Å². The number of nitrogens with one attached hydrogen (secondary N) is 2. The summed E-state index contributed by atoms with van der Waals surface area (Å²) in [5.74, 6) is 0.962. The highest BCUT2D eigenvalue weighted by Gasteiger charge is 2.38. The second-order valence-electron chi connectivity index (χ2n) is 7.29. The van der Waals surface area contributed by atoms with Crippen LogP contribution < -0.4 is 16.1 Å². The summed E-state index contributed by atoms with van der Waals surface area (Å²) >= 11 is 0. The van der Waals surface area contributed by atoms with E-state index < -0.39 is 11.2 Å². The van der Waals surface area contributed by atoms with Crippen LogP contribution in [0.2, 0.25) is 0 Å².